The summed E-state index contributed by atoms with van der Waals surface area (Å²) in [5, 5.41) is 13.7. The molecule has 0 aromatic heterocycles. The highest BCUT2D eigenvalue weighted by molar-refractivity contribution is 7.88. The summed E-state index contributed by atoms with van der Waals surface area (Å²) in [7, 11) is -3.26. The molecule has 0 heterocycles. The first kappa shape index (κ1) is 17.6. The van der Waals surface area contributed by atoms with E-state index >= 15 is 0 Å². The molecule has 0 radical (unpaired) electrons. The van der Waals surface area contributed by atoms with Crippen molar-refractivity contribution in [2.75, 3.05) is 19.3 Å². The molecule has 0 aliphatic carbocycles. The van der Waals surface area contributed by atoms with Gasteiger partial charge in [-0.15, -0.1) is 0 Å². The van der Waals surface area contributed by atoms with Crippen LogP contribution in [0.15, 0.2) is 0 Å². The fraction of sp³-hybridized carbons (Fsp3) is 0.800. The van der Waals surface area contributed by atoms with E-state index in [1.807, 2.05) is 0 Å². The molecule has 0 aliphatic rings. The number of carbonyl (C=O) groups excluding carboxylic acids is 1. The molecular formula is C10H21N3O5S. The third-order valence-corrected chi connectivity index (χ3v) is 2.92. The smallest absolute Gasteiger partial charge is 0.315 e. The van der Waals surface area contributed by atoms with Gasteiger partial charge in [-0.3, -0.25) is 4.79 Å². The fourth-order valence-electron chi connectivity index (χ4n) is 1.25. The summed E-state index contributed by atoms with van der Waals surface area (Å²) in [6.45, 7) is 3.67. The molecule has 0 aromatic rings. The molecule has 4 N–H and O–H groups in total. The number of hydrogen-bond donors (Lipinski definition) is 4. The zero-order valence-corrected chi connectivity index (χ0v) is 12.1. The van der Waals surface area contributed by atoms with Gasteiger partial charge in [-0.1, -0.05) is 0 Å². The van der Waals surface area contributed by atoms with Crippen LogP contribution < -0.4 is 15.4 Å². The maximum Gasteiger partial charge on any atom is 0.315 e. The maximum atomic E-state index is 11.5. The number of carboxylic acid groups (broad SMARTS) is 1. The molecule has 9 heteroatoms. The Morgan fingerprint density at radius 2 is 1.79 bits per heavy atom. The topological polar surface area (TPSA) is 125 Å². The lowest BCUT2D eigenvalue weighted by molar-refractivity contribution is -0.137. The van der Waals surface area contributed by atoms with Crippen LogP contribution >= 0.6 is 0 Å². The highest BCUT2D eigenvalue weighted by Crippen LogP contribution is 2.10. The number of carboxylic acids is 1. The zero-order valence-electron chi connectivity index (χ0n) is 11.3. The first-order valence-electron chi connectivity index (χ1n) is 5.74. The Kier molecular flexibility index (Phi) is 6.77. The lowest BCUT2D eigenvalue weighted by Crippen LogP contribution is -2.49. The molecule has 0 saturated carbocycles. The second kappa shape index (κ2) is 7.29. The summed E-state index contributed by atoms with van der Waals surface area (Å²) < 4.78 is 23.7. The van der Waals surface area contributed by atoms with E-state index in [-0.39, 0.29) is 19.5 Å². The molecule has 0 fully saturated rings. The Morgan fingerprint density at radius 3 is 2.26 bits per heavy atom. The molecule has 19 heavy (non-hydrogen) atoms. The molecule has 0 atom stereocenters. The maximum absolute atomic E-state index is 11.5. The van der Waals surface area contributed by atoms with Crippen LogP contribution in [0.1, 0.15) is 26.7 Å². The van der Waals surface area contributed by atoms with Crippen molar-refractivity contribution in [3.05, 3.63) is 0 Å². The molecule has 0 aromatic carbocycles. The summed E-state index contributed by atoms with van der Waals surface area (Å²) in [5.74, 6) is -0.923. The number of rotatable bonds is 8. The third-order valence-electron chi connectivity index (χ3n) is 2.19. The van der Waals surface area contributed by atoms with Gasteiger partial charge in [0.05, 0.1) is 6.26 Å². The van der Waals surface area contributed by atoms with Crippen LogP contribution in [0, 0.1) is 0 Å². The van der Waals surface area contributed by atoms with Crippen LogP contribution in [0.25, 0.3) is 0 Å². The van der Waals surface area contributed by atoms with E-state index in [0.29, 0.717) is 6.42 Å². The Bertz CT molecular complexity index is 419. The van der Waals surface area contributed by atoms with Crippen molar-refractivity contribution in [3.8, 4) is 0 Å². The van der Waals surface area contributed by atoms with Crippen LogP contribution in [0.5, 0.6) is 0 Å². The van der Waals surface area contributed by atoms with Gasteiger partial charge in [0, 0.05) is 25.0 Å². The standard InChI is InChI=1S/C10H21N3O5S/c1-10(2,5-4-8(14)15)13-9(16)11-6-7-12-19(3,17)18/h12H,4-7H2,1-3H3,(H,14,15)(H2,11,13,16). The number of hydrogen-bond acceptors (Lipinski definition) is 4. The number of amides is 2. The first-order valence-corrected chi connectivity index (χ1v) is 7.63. The van der Waals surface area contributed by atoms with Gasteiger partial charge in [0.1, 0.15) is 0 Å². The zero-order chi connectivity index (χ0) is 15.1. The van der Waals surface area contributed by atoms with Crippen molar-refractivity contribution in [2.24, 2.45) is 0 Å². The van der Waals surface area contributed by atoms with Gasteiger partial charge in [0.2, 0.25) is 10.0 Å². The summed E-state index contributed by atoms with van der Waals surface area (Å²) >= 11 is 0. The Balaban J connectivity index is 3.93. The third kappa shape index (κ3) is 11.5. The largest absolute Gasteiger partial charge is 0.481 e. The summed E-state index contributed by atoms with van der Waals surface area (Å²) in [4.78, 5) is 21.9. The second-order valence-corrected chi connectivity index (χ2v) is 6.66. The van der Waals surface area contributed by atoms with Gasteiger partial charge >= 0.3 is 12.0 Å². The number of sulfonamides is 1. The Morgan fingerprint density at radius 1 is 1.21 bits per heavy atom. The van der Waals surface area contributed by atoms with Crippen molar-refractivity contribution in [1.82, 2.24) is 15.4 Å². The number of aliphatic carboxylic acids is 1. The highest BCUT2D eigenvalue weighted by atomic mass is 32.2. The molecule has 0 unspecified atom stereocenters. The quantitative estimate of drug-likeness (QED) is 0.448. The molecule has 0 rings (SSSR count). The number of nitrogens with one attached hydrogen (secondary N) is 3. The van der Waals surface area contributed by atoms with E-state index in [1.165, 1.54) is 0 Å². The van der Waals surface area contributed by atoms with Crippen molar-refractivity contribution < 1.29 is 23.1 Å². The summed E-state index contributed by atoms with van der Waals surface area (Å²) in [6, 6.07) is -0.467. The highest BCUT2D eigenvalue weighted by Gasteiger charge is 2.21. The van der Waals surface area contributed by atoms with Crippen molar-refractivity contribution >= 4 is 22.0 Å². The average Bonchev–Trinajstić information content (AvgIpc) is 2.20. The van der Waals surface area contributed by atoms with Gasteiger partial charge < -0.3 is 15.7 Å². The number of carbonyl (C=O) groups is 2. The van der Waals surface area contributed by atoms with E-state index in [9.17, 15) is 18.0 Å². The predicted octanol–water partition coefficient (Wildman–Crippen LogP) is -0.522. The summed E-state index contributed by atoms with van der Waals surface area (Å²) in [5.41, 5.74) is -0.646. The van der Waals surface area contributed by atoms with Crippen molar-refractivity contribution in [3.63, 3.8) is 0 Å². The van der Waals surface area contributed by atoms with Crippen LogP contribution in [0.2, 0.25) is 0 Å². The molecule has 0 aliphatic heterocycles. The Labute approximate surface area is 113 Å². The molecular weight excluding hydrogens is 274 g/mol. The van der Waals surface area contributed by atoms with E-state index in [4.69, 9.17) is 5.11 Å². The SMILES string of the molecule is CC(C)(CCC(=O)O)NC(=O)NCCNS(C)(=O)=O. The predicted molar refractivity (Wildman–Crippen MR) is 70.3 cm³/mol. The fourth-order valence-corrected chi connectivity index (χ4v) is 1.72. The van der Waals surface area contributed by atoms with Crippen LogP contribution in [-0.2, 0) is 14.8 Å². The lowest BCUT2D eigenvalue weighted by Gasteiger charge is -2.25. The van der Waals surface area contributed by atoms with Gasteiger partial charge in [0.15, 0.2) is 0 Å². The minimum absolute atomic E-state index is 0.0388. The van der Waals surface area contributed by atoms with Crippen LogP contribution in [0.3, 0.4) is 0 Å². The van der Waals surface area contributed by atoms with E-state index in [0.717, 1.165) is 6.26 Å². The summed E-state index contributed by atoms with van der Waals surface area (Å²) in [6.07, 6.45) is 1.29. The lowest BCUT2D eigenvalue weighted by atomic mass is 9.99. The van der Waals surface area contributed by atoms with Crippen molar-refractivity contribution in [1.29, 1.82) is 0 Å². The first-order chi connectivity index (χ1) is 8.52. The van der Waals surface area contributed by atoms with Gasteiger partial charge in [-0.2, -0.15) is 0 Å². The Hall–Kier alpha value is -1.35. The van der Waals surface area contributed by atoms with Crippen LogP contribution in [0.4, 0.5) is 4.79 Å². The van der Waals surface area contributed by atoms with Gasteiger partial charge in [0.25, 0.3) is 0 Å². The molecule has 112 valence electrons. The van der Waals surface area contributed by atoms with E-state index in [1.54, 1.807) is 13.8 Å². The van der Waals surface area contributed by atoms with Gasteiger partial charge in [-0.05, 0) is 20.3 Å². The monoisotopic (exact) mass is 295 g/mol. The van der Waals surface area contributed by atoms with Gasteiger partial charge in [-0.25, -0.2) is 17.9 Å². The second-order valence-electron chi connectivity index (χ2n) is 4.83. The minimum Gasteiger partial charge on any atom is -0.481 e. The normalized spacial score (nSPS) is 11.9. The average molecular weight is 295 g/mol. The van der Waals surface area contributed by atoms with E-state index < -0.39 is 27.6 Å². The molecule has 0 bridgehead atoms. The van der Waals surface area contributed by atoms with Crippen molar-refractivity contribution in [2.45, 2.75) is 32.2 Å². The molecule has 2 amide bonds. The van der Waals surface area contributed by atoms with Crippen LogP contribution in [-0.4, -0.2) is 50.4 Å². The molecule has 0 saturated heterocycles. The van der Waals surface area contributed by atoms with E-state index in [2.05, 4.69) is 15.4 Å². The minimum atomic E-state index is -3.26. The number of urea groups is 1. The molecule has 0 spiro atoms. The molecule has 8 nitrogen and oxygen atoms in total.